The van der Waals surface area contributed by atoms with Crippen molar-refractivity contribution in [2.75, 3.05) is 0 Å². The number of rotatable bonds is 4. The van der Waals surface area contributed by atoms with E-state index in [4.69, 9.17) is 0 Å². The maximum atomic E-state index is 12.6. The molecule has 0 spiro atoms. The highest BCUT2D eigenvalue weighted by molar-refractivity contribution is 5.90. The minimum atomic E-state index is -4.33. The number of pyridine rings is 1. The summed E-state index contributed by atoms with van der Waals surface area (Å²) < 4.78 is 39.2. The summed E-state index contributed by atoms with van der Waals surface area (Å²) in [6.07, 6.45) is -0.522. The van der Waals surface area contributed by atoms with Crippen molar-refractivity contribution in [1.82, 2.24) is 0 Å². The number of nitrogens with zero attached hydrogens (tertiary/aromatic N) is 2. The van der Waals surface area contributed by atoms with Crippen LogP contribution in [-0.4, -0.2) is 5.90 Å². The predicted molar refractivity (Wildman–Crippen MR) is 89.3 cm³/mol. The number of aromatic nitrogens is 1. The van der Waals surface area contributed by atoms with Gasteiger partial charge in [-0.15, -0.1) is 0 Å². The lowest BCUT2D eigenvalue weighted by Gasteiger charge is -2.09. The van der Waals surface area contributed by atoms with Gasteiger partial charge in [-0.1, -0.05) is 47.1 Å². The molecule has 0 saturated heterocycles. The van der Waals surface area contributed by atoms with Crippen molar-refractivity contribution in [2.24, 2.45) is 5.10 Å². The van der Waals surface area contributed by atoms with Crippen LogP contribution in [0.2, 0.25) is 0 Å². The summed E-state index contributed by atoms with van der Waals surface area (Å²) in [4.78, 5) is 0. The maximum absolute atomic E-state index is 12.6. The Balaban J connectivity index is 1.71. The Labute approximate surface area is 148 Å². The molecule has 0 unspecified atom stereocenters. The molecular formula is C20H15F3N2O. The second-order valence-corrected chi connectivity index (χ2v) is 5.73. The number of alkyl halides is 3. The van der Waals surface area contributed by atoms with Gasteiger partial charge in [0.2, 0.25) is 12.4 Å². The smallest absolute Gasteiger partial charge is 0.416 e. The van der Waals surface area contributed by atoms with Crippen LogP contribution in [0.1, 0.15) is 22.3 Å². The van der Waals surface area contributed by atoms with E-state index in [9.17, 15) is 18.3 Å². The Bertz CT molecular complexity index is 887. The van der Waals surface area contributed by atoms with Gasteiger partial charge < -0.3 is 5.11 Å². The van der Waals surface area contributed by atoms with Crippen LogP contribution >= 0.6 is 0 Å². The van der Waals surface area contributed by atoms with E-state index in [2.05, 4.69) is 5.10 Å². The number of halogens is 3. The van der Waals surface area contributed by atoms with Gasteiger partial charge in [0.1, 0.15) is 0 Å². The summed E-state index contributed by atoms with van der Waals surface area (Å²) in [5, 5.41) is 16.1. The van der Waals surface area contributed by atoms with Gasteiger partial charge in [-0.25, -0.2) is 0 Å². The maximum Gasteiger partial charge on any atom is 0.416 e. The third-order valence-electron chi connectivity index (χ3n) is 3.80. The third-order valence-corrected chi connectivity index (χ3v) is 3.80. The van der Waals surface area contributed by atoms with Crippen LogP contribution in [-0.2, 0) is 12.6 Å². The van der Waals surface area contributed by atoms with Crippen molar-refractivity contribution < 1.29 is 23.0 Å². The SMILES string of the molecule is [O-]C(=N[n+]1ccccc1)c1ccc(Cc2ccc(C(F)(F)F)cc2)cc1. The van der Waals surface area contributed by atoms with Crippen molar-refractivity contribution in [2.45, 2.75) is 12.6 Å². The van der Waals surface area contributed by atoms with Crippen molar-refractivity contribution >= 4 is 5.90 Å². The lowest BCUT2D eigenvalue weighted by molar-refractivity contribution is -0.681. The molecule has 3 rings (SSSR count). The highest BCUT2D eigenvalue weighted by Gasteiger charge is 2.29. The Morgan fingerprint density at radius 3 is 1.92 bits per heavy atom. The van der Waals surface area contributed by atoms with Gasteiger partial charge in [-0.3, -0.25) is 0 Å². The molecule has 0 atom stereocenters. The summed E-state index contributed by atoms with van der Waals surface area (Å²) in [5.41, 5.74) is 1.44. The monoisotopic (exact) mass is 356 g/mol. The van der Waals surface area contributed by atoms with E-state index >= 15 is 0 Å². The van der Waals surface area contributed by atoms with Crippen LogP contribution in [0.3, 0.4) is 0 Å². The van der Waals surface area contributed by atoms with Crippen molar-refractivity contribution in [3.63, 3.8) is 0 Å². The predicted octanol–water partition coefficient (Wildman–Crippen LogP) is 3.15. The van der Waals surface area contributed by atoms with Crippen LogP contribution in [0, 0.1) is 0 Å². The highest BCUT2D eigenvalue weighted by Crippen LogP contribution is 2.29. The van der Waals surface area contributed by atoms with Gasteiger partial charge in [0.25, 0.3) is 0 Å². The van der Waals surface area contributed by atoms with E-state index in [0.717, 1.165) is 23.3 Å². The van der Waals surface area contributed by atoms with E-state index in [0.29, 0.717) is 12.0 Å². The molecule has 0 amide bonds. The van der Waals surface area contributed by atoms with Gasteiger partial charge in [0, 0.05) is 12.1 Å². The minimum Gasteiger partial charge on any atom is -0.854 e. The molecule has 3 aromatic rings. The lowest BCUT2D eigenvalue weighted by atomic mass is 10.0. The number of benzene rings is 2. The largest absolute Gasteiger partial charge is 0.854 e. The fourth-order valence-corrected chi connectivity index (χ4v) is 2.43. The first-order valence-electron chi connectivity index (χ1n) is 7.89. The standard InChI is InChI=1S/C20H15F3N2O/c21-20(22,23)18-10-6-16(7-11-18)14-15-4-8-17(9-5-15)19(26)24-25-12-2-1-3-13-25/h1-13H,14H2. The second-order valence-electron chi connectivity index (χ2n) is 5.73. The van der Waals surface area contributed by atoms with Crippen molar-refractivity contribution in [3.8, 4) is 0 Å². The zero-order chi connectivity index (χ0) is 18.6. The van der Waals surface area contributed by atoms with Gasteiger partial charge in [0.15, 0.2) is 0 Å². The quantitative estimate of drug-likeness (QED) is 0.402. The van der Waals surface area contributed by atoms with Gasteiger partial charge in [0.05, 0.1) is 11.5 Å². The van der Waals surface area contributed by atoms with Gasteiger partial charge >= 0.3 is 6.18 Å². The molecule has 0 N–H and O–H groups in total. The molecule has 0 aliphatic carbocycles. The summed E-state index contributed by atoms with van der Waals surface area (Å²) in [5.74, 6) is -0.373. The summed E-state index contributed by atoms with van der Waals surface area (Å²) >= 11 is 0. The molecule has 0 fully saturated rings. The second kappa shape index (κ2) is 7.39. The molecule has 0 saturated carbocycles. The van der Waals surface area contributed by atoms with Gasteiger partial charge in [-0.2, -0.15) is 13.2 Å². The average molecular weight is 356 g/mol. The molecular weight excluding hydrogens is 341 g/mol. The van der Waals surface area contributed by atoms with Crippen LogP contribution in [0.4, 0.5) is 13.2 Å². The zero-order valence-electron chi connectivity index (χ0n) is 13.6. The molecule has 3 nitrogen and oxygen atoms in total. The third kappa shape index (κ3) is 4.47. The first-order valence-corrected chi connectivity index (χ1v) is 7.89. The number of hydrogen-bond donors (Lipinski definition) is 0. The van der Waals surface area contributed by atoms with Crippen LogP contribution in [0.25, 0.3) is 0 Å². The van der Waals surface area contributed by atoms with Gasteiger partial charge in [-0.05, 0) is 40.3 Å². The molecule has 132 valence electrons. The van der Waals surface area contributed by atoms with Crippen LogP contribution in [0.15, 0.2) is 84.2 Å². The van der Waals surface area contributed by atoms with E-state index in [1.54, 1.807) is 48.8 Å². The van der Waals surface area contributed by atoms with E-state index < -0.39 is 11.7 Å². The van der Waals surface area contributed by atoms with E-state index in [-0.39, 0.29) is 5.90 Å². The molecule has 1 heterocycles. The topological polar surface area (TPSA) is 39.3 Å². The molecule has 0 bridgehead atoms. The Kier molecular flexibility index (Phi) is 5.02. The normalized spacial score (nSPS) is 12.2. The average Bonchev–Trinajstić information content (AvgIpc) is 2.63. The molecule has 0 aliphatic heterocycles. The molecule has 0 aliphatic rings. The molecule has 6 heteroatoms. The van der Waals surface area contributed by atoms with Crippen molar-refractivity contribution in [1.29, 1.82) is 0 Å². The molecule has 1 aromatic heterocycles. The Morgan fingerprint density at radius 2 is 1.38 bits per heavy atom. The fourth-order valence-electron chi connectivity index (χ4n) is 2.43. The Hall–Kier alpha value is -3.15. The summed E-state index contributed by atoms with van der Waals surface area (Å²) in [6.45, 7) is 0. The fraction of sp³-hybridized carbons (Fsp3) is 0.100. The first-order chi connectivity index (χ1) is 12.4. The first kappa shape index (κ1) is 17.7. The van der Waals surface area contributed by atoms with Crippen molar-refractivity contribution in [3.05, 3.63) is 101 Å². The summed E-state index contributed by atoms with van der Waals surface area (Å²) in [7, 11) is 0. The molecule has 0 radical (unpaired) electrons. The minimum absolute atomic E-state index is 0.373. The number of hydrogen-bond acceptors (Lipinski definition) is 2. The van der Waals surface area contributed by atoms with E-state index in [1.807, 2.05) is 6.07 Å². The molecule has 2 aromatic carbocycles. The molecule has 26 heavy (non-hydrogen) atoms. The lowest BCUT2D eigenvalue weighted by Crippen LogP contribution is -2.33. The zero-order valence-corrected chi connectivity index (χ0v) is 13.6. The highest BCUT2D eigenvalue weighted by atomic mass is 19.4. The summed E-state index contributed by atoms with van der Waals surface area (Å²) in [6, 6.07) is 17.3. The Morgan fingerprint density at radius 1 is 0.846 bits per heavy atom. The van der Waals surface area contributed by atoms with E-state index in [1.165, 1.54) is 16.8 Å². The van der Waals surface area contributed by atoms with Crippen LogP contribution < -0.4 is 9.78 Å². The van der Waals surface area contributed by atoms with Crippen LogP contribution in [0.5, 0.6) is 0 Å².